The Balaban J connectivity index is 1.99. The van der Waals surface area contributed by atoms with E-state index in [1.165, 1.54) is 17.7 Å². The summed E-state index contributed by atoms with van der Waals surface area (Å²) >= 11 is 7.36. The minimum absolute atomic E-state index is 0.0881. The summed E-state index contributed by atoms with van der Waals surface area (Å²) in [5, 5.41) is 6.70. The molecule has 0 spiro atoms. The SMILES string of the molecule is O=C(c1cccs1)c1cnc2ncnn2c1-c1ccc(Cl)cc1. The summed E-state index contributed by atoms with van der Waals surface area (Å²) in [7, 11) is 0. The first-order valence-electron chi connectivity index (χ1n) is 6.77. The third kappa shape index (κ3) is 2.42. The van der Waals surface area contributed by atoms with Gasteiger partial charge < -0.3 is 0 Å². The fraction of sp³-hybridized carbons (Fsp3) is 0. The number of hydrogen-bond donors (Lipinski definition) is 0. The van der Waals surface area contributed by atoms with Crippen molar-refractivity contribution in [2.75, 3.05) is 0 Å². The molecule has 0 aliphatic carbocycles. The minimum Gasteiger partial charge on any atom is -0.288 e. The molecule has 0 aliphatic rings. The molecule has 0 fully saturated rings. The van der Waals surface area contributed by atoms with Gasteiger partial charge in [-0.1, -0.05) is 29.8 Å². The molecule has 0 aliphatic heterocycles. The number of carbonyl (C=O) groups is 1. The molecule has 0 amide bonds. The van der Waals surface area contributed by atoms with E-state index >= 15 is 0 Å². The zero-order valence-corrected chi connectivity index (χ0v) is 13.3. The summed E-state index contributed by atoms with van der Waals surface area (Å²) in [4.78, 5) is 21.8. The predicted molar refractivity (Wildman–Crippen MR) is 89.0 cm³/mol. The highest BCUT2D eigenvalue weighted by Crippen LogP contribution is 2.27. The number of halogens is 1. The third-order valence-electron chi connectivity index (χ3n) is 3.41. The first-order chi connectivity index (χ1) is 11.2. The second kappa shape index (κ2) is 5.57. The first-order valence-corrected chi connectivity index (χ1v) is 8.02. The number of thiophene rings is 1. The molecule has 0 saturated carbocycles. The number of nitrogens with zero attached hydrogens (tertiary/aromatic N) is 4. The number of ketones is 1. The van der Waals surface area contributed by atoms with Crippen LogP contribution in [0.5, 0.6) is 0 Å². The maximum atomic E-state index is 12.8. The molecule has 4 rings (SSSR count). The van der Waals surface area contributed by atoms with Crippen LogP contribution >= 0.6 is 22.9 Å². The van der Waals surface area contributed by atoms with Crippen molar-refractivity contribution in [2.45, 2.75) is 0 Å². The Morgan fingerprint density at radius 2 is 1.96 bits per heavy atom. The van der Waals surface area contributed by atoms with E-state index in [0.29, 0.717) is 26.9 Å². The van der Waals surface area contributed by atoms with E-state index in [2.05, 4.69) is 15.1 Å². The second-order valence-electron chi connectivity index (χ2n) is 4.81. The molecular formula is C16H9ClN4OS. The molecule has 1 aromatic carbocycles. The van der Waals surface area contributed by atoms with Gasteiger partial charge in [-0.3, -0.25) is 4.79 Å². The van der Waals surface area contributed by atoms with Crippen molar-refractivity contribution < 1.29 is 4.79 Å². The average molecular weight is 341 g/mol. The number of carbonyl (C=O) groups excluding carboxylic acids is 1. The van der Waals surface area contributed by atoms with Crippen molar-refractivity contribution in [2.24, 2.45) is 0 Å². The molecule has 0 N–H and O–H groups in total. The molecule has 23 heavy (non-hydrogen) atoms. The largest absolute Gasteiger partial charge is 0.288 e. The highest BCUT2D eigenvalue weighted by Gasteiger charge is 2.20. The molecule has 0 unspecified atom stereocenters. The van der Waals surface area contributed by atoms with E-state index in [4.69, 9.17) is 11.6 Å². The Kier molecular flexibility index (Phi) is 3.40. The summed E-state index contributed by atoms with van der Waals surface area (Å²) in [5.41, 5.74) is 1.96. The Morgan fingerprint density at radius 3 is 2.70 bits per heavy atom. The minimum atomic E-state index is -0.0881. The van der Waals surface area contributed by atoms with Crippen LogP contribution in [0.3, 0.4) is 0 Å². The van der Waals surface area contributed by atoms with E-state index in [9.17, 15) is 4.79 Å². The molecule has 0 bridgehead atoms. The van der Waals surface area contributed by atoms with Crippen LogP contribution in [0.1, 0.15) is 15.2 Å². The number of fused-ring (bicyclic) bond motifs is 1. The van der Waals surface area contributed by atoms with E-state index in [1.807, 2.05) is 23.6 Å². The molecule has 3 heterocycles. The monoisotopic (exact) mass is 340 g/mol. The molecule has 0 saturated heterocycles. The summed E-state index contributed by atoms with van der Waals surface area (Å²) in [6, 6.07) is 10.9. The average Bonchev–Trinajstić information content (AvgIpc) is 3.25. The van der Waals surface area contributed by atoms with E-state index in [0.717, 1.165) is 5.56 Å². The van der Waals surface area contributed by atoms with Crippen molar-refractivity contribution >= 4 is 34.5 Å². The van der Waals surface area contributed by atoms with E-state index in [-0.39, 0.29) is 5.78 Å². The van der Waals surface area contributed by atoms with Crippen LogP contribution < -0.4 is 0 Å². The van der Waals surface area contributed by atoms with Crippen LogP contribution in [-0.2, 0) is 0 Å². The van der Waals surface area contributed by atoms with Crippen molar-refractivity contribution in [3.63, 3.8) is 0 Å². The normalized spacial score (nSPS) is 11.0. The molecule has 4 aromatic rings. The van der Waals surface area contributed by atoms with Crippen molar-refractivity contribution in [1.29, 1.82) is 0 Å². The van der Waals surface area contributed by atoms with E-state index < -0.39 is 0 Å². The summed E-state index contributed by atoms with van der Waals surface area (Å²) in [5.74, 6) is 0.354. The molecule has 0 atom stereocenters. The van der Waals surface area contributed by atoms with Crippen LogP contribution in [0.2, 0.25) is 5.02 Å². The first kappa shape index (κ1) is 14.0. The van der Waals surface area contributed by atoms with Crippen LogP contribution in [0, 0.1) is 0 Å². The zero-order valence-electron chi connectivity index (χ0n) is 11.7. The number of benzene rings is 1. The lowest BCUT2D eigenvalue weighted by molar-refractivity contribution is 0.104. The van der Waals surface area contributed by atoms with Crippen LogP contribution in [0.15, 0.2) is 54.3 Å². The Hall–Kier alpha value is -2.57. The van der Waals surface area contributed by atoms with Crippen LogP contribution in [-0.4, -0.2) is 25.4 Å². The fourth-order valence-electron chi connectivity index (χ4n) is 2.37. The lowest BCUT2D eigenvalue weighted by atomic mass is 10.0. The van der Waals surface area contributed by atoms with Gasteiger partial charge in [0.25, 0.3) is 5.78 Å². The molecular weight excluding hydrogens is 332 g/mol. The molecule has 112 valence electrons. The Morgan fingerprint density at radius 1 is 1.13 bits per heavy atom. The summed E-state index contributed by atoms with van der Waals surface area (Å²) in [6.45, 7) is 0. The van der Waals surface area contributed by atoms with Gasteiger partial charge in [-0.2, -0.15) is 14.6 Å². The highest BCUT2D eigenvalue weighted by atomic mass is 35.5. The third-order valence-corrected chi connectivity index (χ3v) is 4.53. The fourth-order valence-corrected chi connectivity index (χ4v) is 3.17. The Labute approximate surface area is 140 Å². The quantitative estimate of drug-likeness (QED) is 0.533. The number of rotatable bonds is 3. The molecule has 5 nitrogen and oxygen atoms in total. The lowest BCUT2D eigenvalue weighted by Crippen LogP contribution is -2.08. The maximum absolute atomic E-state index is 12.8. The van der Waals surface area contributed by atoms with Gasteiger partial charge in [0, 0.05) is 16.8 Å². The van der Waals surface area contributed by atoms with Gasteiger partial charge in [0.1, 0.15) is 6.33 Å². The van der Waals surface area contributed by atoms with Gasteiger partial charge in [-0.15, -0.1) is 11.3 Å². The molecule has 3 aromatic heterocycles. The Bertz CT molecular complexity index is 993. The van der Waals surface area contributed by atoms with Gasteiger partial charge in [0.05, 0.1) is 16.1 Å². The maximum Gasteiger partial charge on any atom is 0.252 e. The van der Waals surface area contributed by atoms with Crippen LogP contribution in [0.4, 0.5) is 0 Å². The lowest BCUT2D eigenvalue weighted by Gasteiger charge is -2.09. The second-order valence-corrected chi connectivity index (χ2v) is 6.19. The van der Waals surface area contributed by atoms with Gasteiger partial charge in [0.15, 0.2) is 0 Å². The van der Waals surface area contributed by atoms with Gasteiger partial charge in [-0.25, -0.2) is 4.98 Å². The standard InChI is InChI=1S/C16H9ClN4OS/c17-11-5-3-10(4-6-11)14-12(15(22)13-2-1-7-23-13)8-18-16-19-9-20-21(14)16/h1-9H. The summed E-state index contributed by atoms with van der Waals surface area (Å²) < 4.78 is 1.57. The van der Waals surface area contributed by atoms with Crippen molar-refractivity contribution in [1.82, 2.24) is 19.6 Å². The number of hydrogen-bond acceptors (Lipinski definition) is 5. The predicted octanol–water partition coefficient (Wildman–Crippen LogP) is 3.74. The van der Waals surface area contributed by atoms with Gasteiger partial charge in [0.2, 0.25) is 5.78 Å². The zero-order chi connectivity index (χ0) is 15.8. The summed E-state index contributed by atoms with van der Waals surface area (Å²) in [6.07, 6.45) is 2.97. The van der Waals surface area contributed by atoms with Crippen molar-refractivity contribution in [3.8, 4) is 11.3 Å². The molecule has 7 heteroatoms. The van der Waals surface area contributed by atoms with Gasteiger partial charge in [-0.05, 0) is 23.6 Å². The number of aromatic nitrogens is 4. The molecule has 0 radical (unpaired) electrons. The van der Waals surface area contributed by atoms with E-state index in [1.54, 1.807) is 28.9 Å². The van der Waals surface area contributed by atoms with Crippen molar-refractivity contribution in [3.05, 3.63) is 69.8 Å². The highest BCUT2D eigenvalue weighted by molar-refractivity contribution is 7.12. The topological polar surface area (TPSA) is 60.2 Å². The smallest absolute Gasteiger partial charge is 0.252 e. The van der Waals surface area contributed by atoms with Crippen LogP contribution in [0.25, 0.3) is 17.0 Å². The van der Waals surface area contributed by atoms with Gasteiger partial charge >= 0.3 is 0 Å².